The highest BCUT2D eigenvalue weighted by Gasteiger charge is 2.13. The molecule has 202 valence electrons. The van der Waals surface area contributed by atoms with Crippen LogP contribution in [0.2, 0.25) is 0 Å². The molecule has 0 aliphatic carbocycles. The molecule has 0 aliphatic heterocycles. The van der Waals surface area contributed by atoms with Gasteiger partial charge in [0.1, 0.15) is 36.3 Å². The van der Waals surface area contributed by atoms with E-state index in [1.165, 1.54) is 18.2 Å². The second-order valence-corrected chi connectivity index (χ2v) is 9.41. The molecule has 0 N–H and O–H groups in total. The molecule has 0 amide bonds. The van der Waals surface area contributed by atoms with Gasteiger partial charge in [-0.2, -0.15) is 0 Å². The quantitative estimate of drug-likeness (QED) is 0.185. The normalized spacial score (nSPS) is 10.8. The number of carbonyl (C=O) groups is 1. The summed E-state index contributed by atoms with van der Waals surface area (Å²) in [6.45, 7) is 6.77. The highest BCUT2D eigenvalue weighted by molar-refractivity contribution is 5.72. The molecular formula is C33H32F2O4. The Morgan fingerprint density at radius 1 is 0.795 bits per heavy atom. The van der Waals surface area contributed by atoms with Crippen LogP contribution in [-0.2, 0) is 29.2 Å². The number of hydrogen-bond donors (Lipinski definition) is 0. The van der Waals surface area contributed by atoms with Crippen LogP contribution in [0.3, 0.4) is 0 Å². The minimum atomic E-state index is -0.411. The van der Waals surface area contributed by atoms with Gasteiger partial charge in [0.25, 0.3) is 0 Å². The van der Waals surface area contributed by atoms with E-state index in [2.05, 4.69) is 25.1 Å². The van der Waals surface area contributed by atoms with Crippen LogP contribution in [0.15, 0.2) is 78.9 Å². The standard InChI is InChI=1S/C33H32F2O4/c1-4-37-32(36)15-9-25-8-12-30(19-31(25)35)38-20-24-6-5-7-26(18-24)33-23(3)16-22(2)17-27(33)21-39-29-13-10-28(34)11-14-29/h5-8,10-14,16-19H,4,9,15,20-21H2,1-3H3. The summed E-state index contributed by atoms with van der Waals surface area (Å²) in [4.78, 5) is 11.6. The summed E-state index contributed by atoms with van der Waals surface area (Å²) in [5.74, 6) is -0.0422. The van der Waals surface area contributed by atoms with Crippen molar-refractivity contribution in [3.8, 4) is 22.6 Å². The Balaban J connectivity index is 1.46. The molecule has 0 aliphatic rings. The molecule has 0 saturated heterocycles. The second-order valence-electron chi connectivity index (χ2n) is 9.41. The van der Waals surface area contributed by atoms with Gasteiger partial charge in [-0.1, -0.05) is 42.0 Å². The van der Waals surface area contributed by atoms with Gasteiger partial charge in [0.2, 0.25) is 0 Å². The highest BCUT2D eigenvalue weighted by atomic mass is 19.1. The van der Waals surface area contributed by atoms with Crippen molar-refractivity contribution < 1.29 is 27.8 Å². The van der Waals surface area contributed by atoms with Gasteiger partial charge in [-0.15, -0.1) is 0 Å². The fourth-order valence-corrected chi connectivity index (χ4v) is 4.55. The summed E-state index contributed by atoms with van der Waals surface area (Å²) in [5.41, 5.74) is 6.74. The molecule has 0 spiro atoms. The van der Waals surface area contributed by atoms with Crippen molar-refractivity contribution >= 4 is 5.97 Å². The van der Waals surface area contributed by atoms with Gasteiger partial charge < -0.3 is 14.2 Å². The Kier molecular flexibility index (Phi) is 9.31. The van der Waals surface area contributed by atoms with Crippen molar-refractivity contribution in [3.05, 3.63) is 118 Å². The molecule has 0 heterocycles. The zero-order chi connectivity index (χ0) is 27.8. The minimum Gasteiger partial charge on any atom is -0.489 e. The number of halogens is 2. The molecular weight excluding hydrogens is 498 g/mol. The number of aryl methyl sites for hydroxylation is 3. The molecule has 4 aromatic carbocycles. The molecule has 0 saturated carbocycles. The maximum absolute atomic E-state index is 14.6. The van der Waals surface area contributed by atoms with Crippen molar-refractivity contribution in [2.75, 3.05) is 6.61 Å². The summed E-state index contributed by atoms with van der Waals surface area (Å²) in [6.07, 6.45) is 0.406. The Labute approximate surface area is 228 Å². The Morgan fingerprint density at radius 3 is 2.28 bits per heavy atom. The lowest BCUT2D eigenvalue weighted by molar-refractivity contribution is -0.143. The lowest BCUT2D eigenvalue weighted by atomic mass is 9.92. The fourth-order valence-electron chi connectivity index (χ4n) is 4.55. The largest absolute Gasteiger partial charge is 0.489 e. The van der Waals surface area contributed by atoms with Crippen LogP contribution >= 0.6 is 0 Å². The van der Waals surface area contributed by atoms with E-state index in [0.717, 1.165) is 33.4 Å². The zero-order valence-electron chi connectivity index (χ0n) is 22.4. The first-order valence-corrected chi connectivity index (χ1v) is 13.0. The third-order valence-electron chi connectivity index (χ3n) is 6.32. The Bertz CT molecular complexity index is 1430. The monoisotopic (exact) mass is 530 g/mol. The molecule has 4 rings (SSSR count). The molecule has 6 heteroatoms. The van der Waals surface area contributed by atoms with E-state index in [1.54, 1.807) is 31.2 Å². The van der Waals surface area contributed by atoms with Crippen LogP contribution in [0.25, 0.3) is 11.1 Å². The van der Waals surface area contributed by atoms with Gasteiger partial charge in [-0.05, 0) is 97.0 Å². The molecule has 0 fully saturated rings. The van der Waals surface area contributed by atoms with Crippen LogP contribution in [0, 0.1) is 25.5 Å². The van der Waals surface area contributed by atoms with Crippen molar-refractivity contribution in [2.24, 2.45) is 0 Å². The molecule has 0 radical (unpaired) electrons. The number of carbonyl (C=O) groups excluding carboxylic acids is 1. The van der Waals surface area contributed by atoms with Gasteiger partial charge in [-0.3, -0.25) is 4.79 Å². The van der Waals surface area contributed by atoms with Gasteiger partial charge in [0.05, 0.1) is 6.61 Å². The van der Waals surface area contributed by atoms with Crippen LogP contribution < -0.4 is 9.47 Å². The molecule has 4 aromatic rings. The van der Waals surface area contributed by atoms with Gasteiger partial charge >= 0.3 is 5.97 Å². The summed E-state index contributed by atoms with van der Waals surface area (Å²) >= 11 is 0. The first-order valence-electron chi connectivity index (χ1n) is 13.0. The number of esters is 1. The maximum Gasteiger partial charge on any atom is 0.306 e. The third kappa shape index (κ3) is 7.66. The summed E-state index contributed by atoms with van der Waals surface area (Å²) in [5, 5.41) is 0. The van der Waals surface area contributed by atoms with E-state index in [1.807, 2.05) is 25.1 Å². The first kappa shape index (κ1) is 27.8. The molecule has 0 unspecified atom stereocenters. The van der Waals surface area contributed by atoms with E-state index in [-0.39, 0.29) is 31.2 Å². The molecule has 0 aromatic heterocycles. The average molecular weight is 531 g/mol. The molecule has 0 atom stereocenters. The van der Waals surface area contributed by atoms with E-state index in [4.69, 9.17) is 14.2 Å². The van der Waals surface area contributed by atoms with E-state index < -0.39 is 5.82 Å². The predicted molar refractivity (Wildman–Crippen MR) is 148 cm³/mol. The SMILES string of the molecule is CCOC(=O)CCc1ccc(OCc2cccc(-c3c(C)cc(C)cc3COc3ccc(F)cc3)c2)cc1F. The van der Waals surface area contributed by atoms with Gasteiger partial charge in [0.15, 0.2) is 0 Å². The Hall–Kier alpha value is -4.19. The third-order valence-corrected chi connectivity index (χ3v) is 6.32. The lowest BCUT2D eigenvalue weighted by Crippen LogP contribution is -2.06. The smallest absolute Gasteiger partial charge is 0.306 e. The number of ether oxygens (including phenoxy) is 3. The molecule has 0 bridgehead atoms. The molecule has 39 heavy (non-hydrogen) atoms. The summed E-state index contributed by atoms with van der Waals surface area (Å²) < 4.78 is 44.6. The van der Waals surface area contributed by atoms with Crippen LogP contribution in [0.1, 0.15) is 41.2 Å². The summed E-state index contributed by atoms with van der Waals surface area (Å²) in [6, 6.07) is 23.0. The van der Waals surface area contributed by atoms with E-state index in [0.29, 0.717) is 30.3 Å². The average Bonchev–Trinajstić information content (AvgIpc) is 2.91. The van der Waals surface area contributed by atoms with Crippen molar-refractivity contribution in [3.63, 3.8) is 0 Å². The summed E-state index contributed by atoms with van der Waals surface area (Å²) in [7, 11) is 0. The second kappa shape index (κ2) is 13.1. The van der Waals surface area contributed by atoms with Crippen molar-refractivity contribution in [2.45, 2.75) is 46.8 Å². The van der Waals surface area contributed by atoms with E-state index >= 15 is 0 Å². The minimum absolute atomic E-state index is 0.132. The van der Waals surface area contributed by atoms with Gasteiger partial charge in [-0.25, -0.2) is 8.78 Å². The van der Waals surface area contributed by atoms with Crippen molar-refractivity contribution in [1.29, 1.82) is 0 Å². The molecule has 4 nitrogen and oxygen atoms in total. The fraction of sp³-hybridized carbons (Fsp3) is 0.242. The van der Waals surface area contributed by atoms with Crippen LogP contribution in [-0.4, -0.2) is 12.6 Å². The first-order chi connectivity index (χ1) is 18.8. The number of hydrogen-bond acceptors (Lipinski definition) is 4. The predicted octanol–water partition coefficient (Wildman–Crippen LogP) is 7.90. The Morgan fingerprint density at radius 2 is 1.54 bits per heavy atom. The lowest BCUT2D eigenvalue weighted by Gasteiger charge is -2.16. The van der Waals surface area contributed by atoms with Gasteiger partial charge in [0, 0.05) is 12.5 Å². The van der Waals surface area contributed by atoms with Crippen molar-refractivity contribution in [1.82, 2.24) is 0 Å². The van der Waals surface area contributed by atoms with Crippen LogP contribution in [0.4, 0.5) is 8.78 Å². The zero-order valence-corrected chi connectivity index (χ0v) is 22.4. The highest BCUT2D eigenvalue weighted by Crippen LogP contribution is 2.31. The van der Waals surface area contributed by atoms with Crippen LogP contribution in [0.5, 0.6) is 11.5 Å². The van der Waals surface area contributed by atoms with E-state index in [9.17, 15) is 13.6 Å². The maximum atomic E-state index is 14.6. The topological polar surface area (TPSA) is 44.8 Å². The number of benzene rings is 4. The number of rotatable bonds is 11.